The lowest BCUT2D eigenvalue weighted by atomic mass is 9.93. The molecule has 5 heteroatoms. The Kier molecular flexibility index (Phi) is 3.93. The van der Waals surface area contributed by atoms with Gasteiger partial charge in [0.15, 0.2) is 0 Å². The Balaban J connectivity index is 1.61. The number of aryl methyl sites for hydroxylation is 3. The third-order valence-corrected chi connectivity index (χ3v) is 6.33. The van der Waals surface area contributed by atoms with E-state index in [1.54, 1.807) is 24.3 Å². The Morgan fingerprint density at radius 2 is 1.84 bits per heavy atom. The lowest BCUT2D eigenvalue weighted by molar-refractivity contribution is 0.192. The van der Waals surface area contributed by atoms with Crippen LogP contribution in [0.25, 0.3) is 10.9 Å². The molecule has 130 valence electrons. The molecule has 0 fully saturated rings. The van der Waals surface area contributed by atoms with Crippen LogP contribution in [0.2, 0.25) is 0 Å². The summed E-state index contributed by atoms with van der Waals surface area (Å²) in [5, 5.41) is 1.18. The van der Waals surface area contributed by atoms with Crippen LogP contribution in [0.4, 0.5) is 0 Å². The summed E-state index contributed by atoms with van der Waals surface area (Å²) in [4.78, 5) is 3.72. The molecule has 4 rings (SSSR count). The van der Waals surface area contributed by atoms with Gasteiger partial charge in [0.25, 0.3) is 10.1 Å². The standard InChI is InChI=1S/C20H21NO3S/c1-13-6-9-16(10-7-13)25(22,23)24-15-8-11-19-18(12-15)17-5-3-4-14(2)20(17)21-19/h3-7,9-10,15,21H,8,11-12H2,1-2H3. The minimum absolute atomic E-state index is 0.221. The highest BCUT2D eigenvalue weighted by Gasteiger charge is 2.28. The monoisotopic (exact) mass is 355 g/mol. The summed E-state index contributed by atoms with van der Waals surface area (Å²) in [6, 6.07) is 13.0. The Labute approximate surface area is 148 Å². The maximum atomic E-state index is 12.5. The van der Waals surface area contributed by atoms with Gasteiger partial charge in [0.1, 0.15) is 0 Å². The van der Waals surface area contributed by atoms with Crippen LogP contribution in [0.3, 0.4) is 0 Å². The van der Waals surface area contributed by atoms with Crippen molar-refractivity contribution in [3.63, 3.8) is 0 Å². The third-order valence-electron chi connectivity index (χ3n) is 4.96. The van der Waals surface area contributed by atoms with E-state index in [0.29, 0.717) is 12.8 Å². The van der Waals surface area contributed by atoms with Crippen LogP contribution in [0.1, 0.15) is 28.8 Å². The Morgan fingerprint density at radius 3 is 2.60 bits per heavy atom. The molecule has 0 saturated heterocycles. The zero-order valence-electron chi connectivity index (χ0n) is 14.4. The number of H-pyrrole nitrogens is 1. The predicted molar refractivity (Wildman–Crippen MR) is 98.3 cm³/mol. The molecule has 1 aliphatic carbocycles. The molecule has 1 unspecified atom stereocenters. The maximum Gasteiger partial charge on any atom is 0.297 e. The summed E-state index contributed by atoms with van der Waals surface area (Å²) in [6.45, 7) is 4.01. The number of para-hydroxylation sites is 1. The van der Waals surface area contributed by atoms with Crippen LogP contribution in [0, 0.1) is 13.8 Å². The number of benzene rings is 2. The molecule has 25 heavy (non-hydrogen) atoms. The molecule has 1 N–H and O–H groups in total. The number of rotatable bonds is 3. The van der Waals surface area contributed by atoms with Crippen molar-refractivity contribution in [2.45, 2.75) is 44.1 Å². The first-order chi connectivity index (χ1) is 11.9. The van der Waals surface area contributed by atoms with Gasteiger partial charge in [-0.15, -0.1) is 0 Å². The quantitative estimate of drug-likeness (QED) is 0.721. The van der Waals surface area contributed by atoms with Crippen molar-refractivity contribution in [3.05, 3.63) is 64.8 Å². The summed E-state index contributed by atoms with van der Waals surface area (Å²) in [5.74, 6) is 0. The molecule has 0 radical (unpaired) electrons. The van der Waals surface area contributed by atoms with Crippen molar-refractivity contribution >= 4 is 21.0 Å². The first-order valence-electron chi connectivity index (χ1n) is 8.53. The molecule has 1 aromatic heterocycles. The first kappa shape index (κ1) is 16.4. The van der Waals surface area contributed by atoms with Gasteiger partial charge in [-0.3, -0.25) is 4.18 Å². The van der Waals surface area contributed by atoms with Gasteiger partial charge in [-0.05, 0) is 49.9 Å². The molecule has 0 spiro atoms. The smallest absolute Gasteiger partial charge is 0.297 e. The second kappa shape index (κ2) is 6.00. The topological polar surface area (TPSA) is 59.2 Å². The summed E-state index contributed by atoms with van der Waals surface area (Å²) < 4.78 is 30.7. The second-order valence-electron chi connectivity index (χ2n) is 6.81. The number of nitrogens with one attached hydrogen (secondary N) is 1. The fourth-order valence-corrected chi connectivity index (χ4v) is 4.68. The van der Waals surface area contributed by atoms with Crippen molar-refractivity contribution in [3.8, 4) is 0 Å². The molecule has 1 atom stereocenters. The normalized spacial score (nSPS) is 17.6. The van der Waals surface area contributed by atoms with E-state index in [1.165, 1.54) is 22.2 Å². The summed E-state index contributed by atoms with van der Waals surface area (Å²) >= 11 is 0. The fraction of sp³-hybridized carbons (Fsp3) is 0.300. The van der Waals surface area contributed by atoms with Gasteiger partial charge in [0.2, 0.25) is 0 Å². The SMILES string of the molecule is Cc1ccc(S(=O)(=O)OC2CCc3[nH]c4c(C)cccc4c3C2)cc1. The first-order valence-corrected chi connectivity index (χ1v) is 9.94. The van der Waals surface area contributed by atoms with E-state index in [0.717, 1.165) is 17.5 Å². The largest absolute Gasteiger partial charge is 0.358 e. The van der Waals surface area contributed by atoms with E-state index in [1.807, 2.05) is 13.0 Å². The molecule has 3 aromatic rings. The maximum absolute atomic E-state index is 12.5. The fourth-order valence-electron chi connectivity index (χ4n) is 3.58. The molecule has 0 bridgehead atoms. The Hall–Kier alpha value is -2.11. The van der Waals surface area contributed by atoms with Crippen molar-refractivity contribution in [1.82, 2.24) is 4.98 Å². The predicted octanol–water partition coefficient (Wildman–Crippen LogP) is 4.05. The molecule has 2 aromatic carbocycles. The summed E-state index contributed by atoms with van der Waals surface area (Å²) in [7, 11) is -3.73. The van der Waals surface area contributed by atoms with Crippen LogP contribution < -0.4 is 0 Å². The molecular weight excluding hydrogens is 334 g/mol. The van der Waals surface area contributed by atoms with Gasteiger partial charge in [0, 0.05) is 23.0 Å². The number of hydrogen-bond donors (Lipinski definition) is 1. The third kappa shape index (κ3) is 2.98. The van der Waals surface area contributed by atoms with E-state index in [9.17, 15) is 8.42 Å². The van der Waals surface area contributed by atoms with Crippen LogP contribution in [0.5, 0.6) is 0 Å². The molecule has 0 amide bonds. The lowest BCUT2D eigenvalue weighted by Crippen LogP contribution is -2.25. The molecular formula is C20H21NO3S. The minimum Gasteiger partial charge on any atom is -0.358 e. The number of aromatic nitrogens is 1. The van der Waals surface area contributed by atoms with Crippen LogP contribution in [-0.2, 0) is 27.1 Å². The van der Waals surface area contributed by atoms with Gasteiger partial charge in [-0.2, -0.15) is 8.42 Å². The number of fused-ring (bicyclic) bond motifs is 3. The average molecular weight is 355 g/mol. The zero-order valence-corrected chi connectivity index (χ0v) is 15.2. The minimum atomic E-state index is -3.73. The lowest BCUT2D eigenvalue weighted by Gasteiger charge is -2.22. The van der Waals surface area contributed by atoms with E-state index >= 15 is 0 Å². The van der Waals surface area contributed by atoms with Gasteiger partial charge in [-0.1, -0.05) is 35.9 Å². The molecule has 0 saturated carbocycles. The van der Waals surface area contributed by atoms with Crippen molar-refractivity contribution in [2.75, 3.05) is 0 Å². The van der Waals surface area contributed by atoms with E-state index in [-0.39, 0.29) is 11.0 Å². The van der Waals surface area contributed by atoms with E-state index < -0.39 is 10.1 Å². The van der Waals surface area contributed by atoms with Crippen molar-refractivity contribution in [1.29, 1.82) is 0 Å². The highest BCUT2D eigenvalue weighted by molar-refractivity contribution is 7.86. The van der Waals surface area contributed by atoms with Gasteiger partial charge < -0.3 is 4.98 Å². The van der Waals surface area contributed by atoms with Crippen LogP contribution >= 0.6 is 0 Å². The number of aromatic amines is 1. The molecule has 1 aliphatic rings. The number of hydrogen-bond acceptors (Lipinski definition) is 3. The van der Waals surface area contributed by atoms with Gasteiger partial charge in [-0.25, -0.2) is 0 Å². The van der Waals surface area contributed by atoms with Crippen molar-refractivity contribution < 1.29 is 12.6 Å². The van der Waals surface area contributed by atoms with Crippen molar-refractivity contribution in [2.24, 2.45) is 0 Å². The summed E-state index contributed by atoms with van der Waals surface area (Å²) in [6.07, 6.45) is 1.80. The highest BCUT2D eigenvalue weighted by atomic mass is 32.2. The van der Waals surface area contributed by atoms with Gasteiger partial charge in [0.05, 0.1) is 11.0 Å². The Morgan fingerprint density at radius 1 is 1.08 bits per heavy atom. The van der Waals surface area contributed by atoms with Crippen LogP contribution in [-0.4, -0.2) is 19.5 Å². The highest BCUT2D eigenvalue weighted by Crippen LogP contribution is 2.32. The molecule has 0 aliphatic heterocycles. The van der Waals surface area contributed by atoms with E-state index in [2.05, 4.69) is 24.0 Å². The average Bonchev–Trinajstić information content (AvgIpc) is 2.95. The molecule has 4 nitrogen and oxygen atoms in total. The van der Waals surface area contributed by atoms with Gasteiger partial charge >= 0.3 is 0 Å². The molecule has 1 heterocycles. The zero-order chi connectivity index (χ0) is 17.6. The summed E-state index contributed by atoms with van der Waals surface area (Å²) in [5.41, 5.74) is 5.77. The van der Waals surface area contributed by atoms with Crippen LogP contribution in [0.15, 0.2) is 47.4 Å². The Bertz CT molecular complexity index is 1030. The van der Waals surface area contributed by atoms with E-state index in [4.69, 9.17) is 4.18 Å². The second-order valence-corrected chi connectivity index (χ2v) is 8.38.